The van der Waals surface area contributed by atoms with Gasteiger partial charge in [0.05, 0.1) is 6.20 Å². The van der Waals surface area contributed by atoms with Crippen molar-refractivity contribution in [1.82, 2.24) is 19.1 Å². The van der Waals surface area contributed by atoms with Crippen LogP contribution in [0.3, 0.4) is 0 Å². The molecule has 6 nitrogen and oxygen atoms in total. The highest BCUT2D eigenvalue weighted by Gasteiger charge is 2.31. The van der Waals surface area contributed by atoms with Crippen LogP contribution in [0.15, 0.2) is 35.6 Å². The van der Waals surface area contributed by atoms with Gasteiger partial charge in [-0.3, -0.25) is 9.67 Å². The smallest absolute Gasteiger partial charge is 0.246 e. The molecule has 1 fully saturated rings. The summed E-state index contributed by atoms with van der Waals surface area (Å²) in [4.78, 5) is 4.48. The van der Waals surface area contributed by atoms with E-state index in [1.54, 1.807) is 23.7 Å². The maximum absolute atomic E-state index is 12.7. The van der Waals surface area contributed by atoms with Crippen molar-refractivity contribution in [1.29, 1.82) is 0 Å². The van der Waals surface area contributed by atoms with E-state index in [2.05, 4.69) is 10.1 Å². The van der Waals surface area contributed by atoms with Crippen molar-refractivity contribution in [2.45, 2.75) is 30.6 Å². The first-order valence-corrected chi connectivity index (χ1v) is 8.82. The Labute approximate surface area is 130 Å². The maximum atomic E-state index is 12.7. The SMILES string of the molecule is Cc1cc([C@H]2CCCN(S(=O)(=O)c3cnn(C)c3)C2)ccn1. The third kappa shape index (κ3) is 2.91. The van der Waals surface area contributed by atoms with Gasteiger partial charge in [0, 0.05) is 38.2 Å². The fraction of sp³-hybridized carbons (Fsp3) is 0.467. The van der Waals surface area contributed by atoms with Crippen molar-refractivity contribution in [3.8, 4) is 0 Å². The molecule has 0 radical (unpaired) electrons. The van der Waals surface area contributed by atoms with Crippen molar-refractivity contribution in [3.05, 3.63) is 42.0 Å². The number of pyridine rings is 1. The minimum Gasteiger partial charge on any atom is -0.274 e. The van der Waals surface area contributed by atoms with Crippen LogP contribution in [0, 0.1) is 6.92 Å². The number of sulfonamides is 1. The Bertz CT molecular complexity index is 769. The van der Waals surface area contributed by atoms with Crippen LogP contribution < -0.4 is 0 Å². The lowest BCUT2D eigenvalue weighted by molar-refractivity contribution is 0.315. The largest absolute Gasteiger partial charge is 0.274 e. The Morgan fingerprint density at radius 2 is 2.18 bits per heavy atom. The Kier molecular flexibility index (Phi) is 4.01. The molecular formula is C15H20N4O2S. The van der Waals surface area contributed by atoms with Gasteiger partial charge in [0.2, 0.25) is 10.0 Å². The van der Waals surface area contributed by atoms with Crippen molar-refractivity contribution in [2.75, 3.05) is 13.1 Å². The Balaban J connectivity index is 1.84. The highest BCUT2D eigenvalue weighted by molar-refractivity contribution is 7.89. The van der Waals surface area contributed by atoms with Crippen LogP contribution in [0.1, 0.15) is 30.0 Å². The van der Waals surface area contributed by atoms with Gasteiger partial charge in [-0.25, -0.2) is 8.42 Å². The van der Waals surface area contributed by atoms with Gasteiger partial charge in [0.1, 0.15) is 4.90 Å². The summed E-state index contributed by atoms with van der Waals surface area (Å²) in [5.74, 6) is 0.224. The number of hydrogen-bond donors (Lipinski definition) is 0. The number of hydrogen-bond acceptors (Lipinski definition) is 4. The molecule has 0 saturated carbocycles. The van der Waals surface area contributed by atoms with E-state index < -0.39 is 10.0 Å². The number of rotatable bonds is 3. The average Bonchev–Trinajstić information content (AvgIpc) is 2.95. The fourth-order valence-electron chi connectivity index (χ4n) is 2.94. The molecule has 0 amide bonds. The lowest BCUT2D eigenvalue weighted by atomic mass is 9.92. The third-order valence-electron chi connectivity index (χ3n) is 4.10. The number of aryl methyl sites for hydroxylation is 2. The summed E-state index contributed by atoms with van der Waals surface area (Å²) < 4.78 is 28.5. The molecule has 0 bridgehead atoms. The summed E-state index contributed by atoms with van der Waals surface area (Å²) in [6, 6.07) is 4.03. The lowest BCUT2D eigenvalue weighted by Crippen LogP contribution is -2.39. The van der Waals surface area contributed by atoms with Crippen LogP contribution in [-0.4, -0.2) is 40.6 Å². The first kappa shape index (κ1) is 15.2. The molecule has 0 aromatic carbocycles. The second-order valence-electron chi connectivity index (χ2n) is 5.78. The van der Waals surface area contributed by atoms with Crippen LogP contribution >= 0.6 is 0 Å². The zero-order valence-corrected chi connectivity index (χ0v) is 13.6. The Morgan fingerprint density at radius 3 is 2.86 bits per heavy atom. The fourth-order valence-corrected chi connectivity index (χ4v) is 4.45. The van der Waals surface area contributed by atoms with Gasteiger partial charge >= 0.3 is 0 Å². The molecule has 0 spiro atoms. The molecule has 2 aromatic heterocycles. The van der Waals surface area contributed by atoms with Crippen LogP contribution in [0.25, 0.3) is 0 Å². The van der Waals surface area contributed by atoms with E-state index in [0.717, 1.165) is 18.5 Å². The molecule has 1 aliphatic rings. The second-order valence-corrected chi connectivity index (χ2v) is 7.72. The molecule has 3 heterocycles. The first-order valence-electron chi connectivity index (χ1n) is 7.38. The van der Waals surface area contributed by atoms with E-state index >= 15 is 0 Å². The van der Waals surface area contributed by atoms with Crippen LogP contribution in [0.4, 0.5) is 0 Å². The van der Waals surface area contributed by atoms with Gasteiger partial charge in [-0.15, -0.1) is 0 Å². The van der Waals surface area contributed by atoms with Crippen molar-refractivity contribution in [2.24, 2.45) is 7.05 Å². The zero-order valence-electron chi connectivity index (χ0n) is 12.8. The van der Waals surface area contributed by atoms with Crippen LogP contribution in [0.5, 0.6) is 0 Å². The molecular weight excluding hydrogens is 300 g/mol. The predicted molar refractivity (Wildman–Crippen MR) is 82.9 cm³/mol. The Hall–Kier alpha value is -1.73. The minimum absolute atomic E-state index is 0.224. The molecule has 0 aliphatic carbocycles. The maximum Gasteiger partial charge on any atom is 0.246 e. The molecule has 0 N–H and O–H groups in total. The van der Waals surface area contributed by atoms with Gasteiger partial charge < -0.3 is 0 Å². The summed E-state index contributed by atoms with van der Waals surface area (Å²) >= 11 is 0. The summed E-state index contributed by atoms with van der Waals surface area (Å²) in [7, 11) is -1.74. The highest BCUT2D eigenvalue weighted by atomic mass is 32.2. The van der Waals surface area contributed by atoms with Gasteiger partial charge in [0.15, 0.2) is 0 Å². The number of piperidine rings is 1. The predicted octanol–water partition coefficient (Wildman–Crippen LogP) is 1.69. The van der Waals surface area contributed by atoms with Crippen molar-refractivity contribution in [3.63, 3.8) is 0 Å². The van der Waals surface area contributed by atoms with E-state index in [0.29, 0.717) is 13.1 Å². The lowest BCUT2D eigenvalue weighted by Gasteiger charge is -2.31. The van der Waals surface area contributed by atoms with E-state index in [1.807, 2.05) is 19.1 Å². The second kappa shape index (κ2) is 5.81. The molecule has 0 unspecified atom stereocenters. The van der Waals surface area contributed by atoms with Gasteiger partial charge in [0.25, 0.3) is 0 Å². The molecule has 1 aliphatic heterocycles. The van der Waals surface area contributed by atoms with Gasteiger partial charge in [-0.05, 0) is 43.4 Å². The quantitative estimate of drug-likeness (QED) is 0.863. The van der Waals surface area contributed by atoms with E-state index in [1.165, 1.54) is 16.4 Å². The molecule has 1 saturated heterocycles. The molecule has 7 heteroatoms. The van der Waals surface area contributed by atoms with Crippen LogP contribution in [0.2, 0.25) is 0 Å². The number of aromatic nitrogens is 3. The summed E-state index contributed by atoms with van der Waals surface area (Å²) in [5.41, 5.74) is 2.13. The molecule has 2 aromatic rings. The van der Waals surface area contributed by atoms with E-state index in [-0.39, 0.29) is 10.8 Å². The van der Waals surface area contributed by atoms with Gasteiger partial charge in [-0.1, -0.05) is 0 Å². The number of nitrogens with zero attached hydrogens (tertiary/aromatic N) is 4. The van der Waals surface area contributed by atoms with Crippen molar-refractivity contribution < 1.29 is 8.42 Å². The first-order chi connectivity index (χ1) is 10.5. The third-order valence-corrected chi connectivity index (χ3v) is 5.91. The summed E-state index contributed by atoms with van der Waals surface area (Å²) in [6.45, 7) is 3.04. The Morgan fingerprint density at radius 1 is 1.36 bits per heavy atom. The molecule has 22 heavy (non-hydrogen) atoms. The summed E-state index contributed by atoms with van der Waals surface area (Å²) in [6.07, 6.45) is 6.62. The monoisotopic (exact) mass is 320 g/mol. The van der Waals surface area contributed by atoms with Gasteiger partial charge in [-0.2, -0.15) is 9.40 Å². The van der Waals surface area contributed by atoms with E-state index in [4.69, 9.17) is 0 Å². The molecule has 118 valence electrons. The van der Waals surface area contributed by atoms with E-state index in [9.17, 15) is 8.42 Å². The molecule has 3 rings (SSSR count). The minimum atomic E-state index is -3.46. The highest BCUT2D eigenvalue weighted by Crippen LogP contribution is 2.30. The standard InChI is InChI=1S/C15H20N4O2S/c1-12-8-13(5-6-16-12)14-4-3-7-19(10-14)22(20,21)15-9-17-18(2)11-15/h5-6,8-9,11,14H,3-4,7,10H2,1-2H3/t14-/m0/s1. The summed E-state index contributed by atoms with van der Waals surface area (Å²) in [5, 5.41) is 3.97. The average molecular weight is 320 g/mol. The van der Waals surface area contributed by atoms with Crippen molar-refractivity contribution >= 4 is 10.0 Å². The normalized spacial score (nSPS) is 20.2. The van der Waals surface area contributed by atoms with Crippen LogP contribution in [-0.2, 0) is 17.1 Å². The zero-order chi connectivity index (χ0) is 15.7. The topological polar surface area (TPSA) is 68.1 Å². The molecule has 1 atom stereocenters.